The van der Waals surface area contributed by atoms with E-state index in [-0.39, 0.29) is 11.3 Å². The van der Waals surface area contributed by atoms with Crippen molar-refractivity contribution in [3.05, 3.63) is 35.4 Å². The van der Waals surface area contributed by atoms with Crippen LogP contribution in [0.3, 0.4) is 0 Å². The number of amides is 1. The van der Waals surface area contributed by atoms with Crippen molar-refractivity contribution in [1.29, 1.82) is 0 Å². The molecule has 1 rings (SSSR count). The second kappa shape index (κ2) is 6.01. The summed E-state index contributed by atoms with van der Waals surface area (Å²) in [7, 11) is 0. The van der Waals surface area contributed by atoms with Crippen molar-refractivity contribution in [3.8, 4) is 0 Å². The van der Waals surface area contributed by atoms with Crippen molar-refractivity contribution < 1.29 is 4.79 Å². The molecule has 0 spiro atoms. The Morgan fingerprint density at radius 1 is 1.28 bits per heavy atom. The summed E-state index contributed by atoms with van der Waals surface area (Å²) in [5, 5.41) is 2.92. The first-order chi connectivity index (χ1) is 8.36. The van der Waals surface area contributed by atoms with E-state index < -0.39 is 6.04 Å². The standard InChI is InChI=1S/C15H24N2O/c1-5-11-8-6-7-9-12(11)10-17-14(18)13(16)15(2,3)4/h6-9,13H,5,10,16H2,1-4H3,(H,17,18)/t13-/m1/s1. The van der Waals surface area contributed by atoms with Gasteiger partial charge in [0.25, 0.3) is 0 Å². The summed E-state index contributed by atoms with van der Waals surface area (Å²) in [6, 6.07) is 7.66. The predicted molar refractivity (Wildman–Crippen MR) is 75.1 cm³/mol. The van der Waals surface area contributed by atoms with Crippen molar-refractivity contribution >= 4 is 5.91 Å². The molecule has 1 aromatic rings. The Bertz CT molecular complexity index is 407. The summed E-state index contributed by atoms with van der Waals surface area (Å²) < 4.78 is 0. The van der Waals surface area contributed by atoms with Crippen LogP contribution in [-0.4, -0.2) is 11.9 Å². The molecule has 3 heteroatoms. The first-order valence-electron chi connectivity index (χ1n) is 6.46. The van der Waals surface area contributed by atoms with Crippen LogP contribution in [0.1, 0.15) is 38.8 Å². The van der Waals surface area contributed by atoms with Gasteiger partial charge in [-0.25, -0.2) is 0 Å². The molecule has 0 saturated carbocycles. The minimum absolute atomic E-state index is 0.0894. The summed E-state index contributed by atoms with van der Waals surface area (Å²) in [5.74, 6) is -0.0894. The number of carbonyl (C=O) groups excluding carboxylic acids is 1. The van der Waals surface area contributed by atoms with Gasteiger partial charge in [0.1, 0.15) is 0 Å². The molecule has 1 aromatic carbocycles. The molecular formula is C15H24N2O. The van der Waals surface area contributed by atoms with Crippen LogP contribution in [0.15, 0.2) is 24.3 Å². The van der Waals surface area contributed by atoms with Crippen molar-refractivity contribution in [2.24, 2.45) is 11.1 Å². The summed E-state index contributed by atoms with van der Waals surface area (Å²) in [5.41, 5.74) is 8.13. The molecule has 1 atom stereocenters. The minimum atomic E-state index is -0.480. The molecule has 3 nitrogen and oxygen atoms in total. The molecule has 0 bridgehead atoms. The van der Waals surface area contributed by atoms with E-state index in [9.17, 15) is 4.79 Å². The highest BCUT2D eigenvalue weighted by Crippen LogP contribution is 2.17. The van der Waals surface area contributed by atoms with E-state index in [0.29, 0.717) is 6.54 Å². The third-order valence-corrected chi connectivity index (χ3v) is 3.17. The van der Waals surface area contributed by atoms with Gasteiger partial charge in [0, 0.05) is 6.54 Å². The van der Waals surface area contributed by atoms with Crippen molar-refractivity contribution in [2.75, 3.05) is 0 Å². The van der Waals surface area contributed by atoms with Gasteiger partial charge >= 0.3 is 0 Å². The number of benzene rings is 1. The normalized spacial score (nSPS) is 13.2. The summed E-state index contributed by atoms with van der Waals surface area (Å²) in [4.78, 5) is 11.9. The molecule has 0 fully saturated rings. The highest BCUT2D eigenvalue weighted by Gasteiger charge is 2.27. The number of nitrogens with one attached hydrogen (secondary N) is 1. The molecule has 0 aromatic heterocycles. The Hall–Kier alpha value is -1.35. The molecule has 100 valence electrons. The van der Waals surface area contributed by atoms with E-state index >= 15 is 0 Å². The monoisotopic (exact) mass is 248 g/mol. The molecule has 0 unspecified atom stereocenters. The number of hydrogen-bond donors (Lipinski definition) is 2. The molecule has 0 saturated heterocycles. The Balaban J connectivity index is 2.63. The summed E-state index contributed by atoms with van der Waals surface area (Å²) in [6.07, 6.45) is 0.970. The van der Waals surface area contributed by atoms with Gasteiger partial charge in [0.2, 0.25) is 5.91 Å². The van der Waals surface area contributed by atoms with Crippen LogP contribution in [0.25, 0.3) is 0 Å². The SMILES string of the molecule is CCc1ccccc1CNC(=O)[C@@H](N)C(C)(C)C. The summed E-state index contributed by atoms with van der Waals surface area (Å²) in [6.45, 7) is 8.57. The maximum absolute atomic E-state index is 11.9. The lowest BCUT2D eigenvalue weighted by molar-refractivity contribution is -0.124. The number of hydrogen-bond acceptors (Lipinski definition) is 2. The van der Waals surface area contributed by atoms with Crippen molar-refractivity contribution in [2.45, 2.75) is 46.7 Å². The van der Waals surface area contributed by atoms with Crippen LogP contribution in [-0.2, 0) is 17.8 Å². The van der Waals surface area contributed by atoms with E-state index in [1.165, 1.54) is 5.56 Å². The predicted octanol–water partition coefficient (Wildman–Crippen LogP) is 2.24. The van der Waals surface area contributed by atoms with Gasteiger partial charge in [-0.05, 0) is 23.0 Å². The highest BCUT2D eigenvalue weighted by atomic mass is 16.2. The molecule has 3 N–H and O–H groups in total. The molecule has 0 radical (unpaired) electrons. The average Bonchev–Trinajstić information content (AvgIpc) is 2.34. The zero-order chi connectivity index (χ0) is 13.8. The zero-order valence-electron chi connectivity index (χ0n) is 11.8. The second-order valence-corrected chi connectivity index (χ2v) is 5.68. The van der Waals surface area contributed by atoms with Crippen LogP contribution in [0.2, 0.25) is 0 Å². The maximum atomic E-state index is 11.9. The van der Waals surface area contributed by atoms with Gasteiger partial charge in [-0.1, -0.05) is 52.0 Å². The molecule has 0 aliphatic heterocycles. The Labute approximate surface area is 110 Å². The first kappa shape index (κ1) is 14.7. The largest absolute Gasteiger partial charge is 0.351 e. The minimum Gasteiger partial charge on any atom is -0.351 e. The quantitative estimate of drug-likeness (QED) is 0.858. The van der Waals surface area contributed by atoms with Crippen molar-refractivity contribution in [1.82, 2.24) is 5.32 Å². The fraction of sp³-hybridized carbons (Fsp3) is 0.533. The van der Waals surface area contributed by atoms with Gasteiger partial charge in [-0.2, -0.15) is 0 Å². The fourth-order valence-electron chi connectivity index (χ4n) is 1.76. The third-order valence-electron chi connectivity index (χ3n) is 3.17. The van der Waals surface area contributed by atoms with Gasteiger partial charge < -0.3 is 11.1 Å². The highest BCUT2D eigenvalue weighted by molar-refractivity contribution is 5.82. The van der Waals surface area contributed by atoms with Gasteiger partial charge in [0.05, 0.1) is 6.04 Å². The molecule has 1 amide bonds. The van der Waals surface area contributed by atoms with Gasteiger partial charge in [-0.15, -0.1) is 0 Å². The van der Waals surface area contributed by atoms with E-state index in [1.54, 1.807) is 0 Å². The molecule has 0 aliphatic carbocycles. The smallest absolute Gasteiger partial charge is 0.237 e. The zero-order valence-corrected chi connectivity index (χ0v) is 11.8. The van der Waals surface area contributed by atoms with Crippen LogP contribution in [0, 0.1) is 5.41 Å². The molecule has 18 heavy (non-hydrogen) atoms. The average molecular weight is 248 g/mol. The number of rotatable bonds is 4. The lowest BCUT2D eigenvalue weighted by atomic mass is 9.87. The second-order valence-electron chi connectivity index (χ2n) is 5.68. The Morgan fingerprint density at radius 2 is 1.83 bits per heavy atom. The van der Waals surface area contributed by atoms with E-state index in [0.717, 1.165) is 12.0 Å². The number of nitrogens with two attached hydrogens (primary N) is 1. The van der Waals surface area contributed by atoms with Crippen LogP contribution in [0.5, 0.6) is 0 Å². The molecule has 0 heterocycles. The van der Waals surface area contributed by atoms with E-state index in [2.05, 4.69) is 18.3 Å². The van der Waals surface area contributed by atoms with Crippen LogP contribution >= 0.6 is 0 Å². The van der Waals surface area contributed by atoms with Gasteiger partial charge in [0.15, 0.2) is 0 Å². The molecule has 0 aliphatic rings. The third kappa shape index (κ3) is 3.84. The fourth-order valence-corrected chi connectivity index (χ4v) is 1.76. The molecular weight excluding hydrogens is 224 g/mol. The van der Waals surface area contributed by atoms with E-state index in [4.69, 9.17) is 5.73 Å². The van der Waals surface area contributed by atoms with Crippen LogP contribution < -0.4 is 11.1 Å². The Kier molecular flexibility index (Phi) is 4.91. The van der Waals surface area contributed by atoms with Gasteiger partial charge in [-0.3, -0.25) is 4.79 Å². The van der Waals surface area contributed by atoms with E-state index in [1.807, 2.05) is 39.0 Å². The van der Waals surface area contributed by atoms with Crippen molar-refractivity contribution in [3.63, 3.8) is 0 Å². The topological polar surface area (TPSA) is 55.1 Å². The number of aryl methyl sites for hydroxylation is 1. The van der Waals surface area contributed by atoms with Crippen LogP contribution in [0.4, 0.5) is 0 Å². The Morgan fingerprint density at radius 3 is 2.33 bits per heavy atom. The lowest BCUT2D eigenvalue weighted by Crippen LogP contribution is -2.48. The maximum Gasteiger partial charge on any atom is 0.237 e. The first-order valence-corrected chi connectivity index (χ1v) is 6.46. The lowest BCUT2D eigenvalue weighted by Gasteiger charge is -2.26. The number of carbonyl (C=O) groups is 1. The summed E-state index contributed by atoms with van der Waals surface area (Å²) >= 11 is 0.